The lowest BCUT2D eigenvalue weighted by Gasteiger charge is -2.13. The summed E-state index contributed by atoms with van der Waals surface area (Å²) < 4.78 is 9.28. The number of aromatic nitrogens is 3. The predicted molar refractivity (Wildman–Crippen MR) is 233 cm³/mol. The van der Waals surface area contributed by atoms with Crippen LogP contribution >= 0.6 is 11.3 Å². The van der Waals surface area contributed by atoms with Gasteiger partial charge in [-0.1, -0.05) is 133 Å². The molecule has 0 unspecified atom stereocenters. The second-order valence-corrected chi connectivity index (χ2v) is 15.0. The van der Waals surface area contributed by atoms with E-state index in [2.05, 4.69) is 138 Å². The van der Waals surface area contributed by atoms with Crippen molar-refractivity contribution in [2.24, 2.45) is 0 Å². The lowest BCUT2D eigenvalue weighted by molar-refractivity contribution is 0.670. The van der Waals surface area contributed by atoms with Crippen molar-refractivity contribution in [3.05, 3.63) is 188 Å². The molecule has 0 N–H and O–H groups in total. The normalized spacial score (nSPS) is 11.6. The minimum atomic E-state index is 0.675. The number of rotatable bonds is 6. The van der Waals surface area contributed by atoms with E-state index in [0.717, 1.165) is 83.4 Å². The summed E-state index contributed by atoms with van der Waals surface area (Å²) in [6.07, 6.45) is 3.64. The van der Waals surface area contributed by atoms with Gasteiger partial charge in [0, 0.05) is 65.6 Å². The molecule has 0 bridgehead atoms. The number of nitrogens with zero attached hydrogens (tertiary/aromatic N) is 3. The Bertz CT molecular complexity index is 3240. The Morgan fingerprint density at radius 3 is 1.82 bits per heavy atom. The van der Waals surface area contributed by atoms with Crippen LogP contribution in [0.5, 0.6) is 0 Å². The number of pyridine rings is 1. The minimum Gasteiger partial charge on any atom is -0.455 e. The summed E-state index contributed by atoms with van der Waals surface area (Å²) in [5.41, 5.74) is 13.1. The molecule has 0 saturated carbocycles. The van der Waals surface area contributed by atoms with Gasteiger partial charge in [0.1, 0.15) is 11.2 Å². The molecule has 0 saturated heterocycles. The summed E-state index contributed by atoms with van der Waals surface area (Å²) in [6, 6.07) is 61.7. The summed E-state index contributed by atoms with van der Waals surface area (Å²) in [4.78, 5) is 14.6. The number of para-hydroxylation sites is 1. The Balaban J connectivity index is 1.03. The molecule has 11 aromatic rings. The van der Waals surface area contributed by atoms with Gasteiger partial charge in [0.2, 0.25) is 0 Å². The first kappa shape index (κ1) is 32.2. The molecule has 56 heavy (non-hydrogen) atoms. The van der Waals surface area contributed by atoms with Crippen molar-refractivity contribution < 1.29 is 4.42 Å². The van der Waals surface area contributed by atoms with Crippen LogP contribution in [0, 0.1) is 0 Å². The summed E-state index contributed by atoms with van der Waals surface area (Å²) in [5.74, 6) is 0.675. The molecule has 11 rings (SSSR count). The van der Waals surface area contributed by atoms with Gasteiger partial charge in [-0.05, 0) is 70.3 Å². The predicted octanol–water partition coefficient (Wildman–Crippen LogP) is 14.1. The van der Waals surface area contributed by atoms with Crippen molar-refractivity contribution in [1.29, 1.82) is 0 Å². The zero-order valence-corrected chi connectivity index (χ0v) is 30.9. The van der Waals surface area contributed by atoms with Crippen LogP contribution in [0.3, 0.4) is 0 Å². The van der Waals surface area contributed by atoms with E-state index in [9.17, 15) is 0 Å². The highest BCUT2D eigenvalue weighted by Gasteiger charge is 2.19. The van der Waals surface area contributed by atoms with Crippen molar-refractivity contribution in [2.75, 3.05) is 0 Å². The van der Waals surface area contributed by atoms with E-state index in [0.29, 0.717) is 5.82 Å². The molecule has 0 aliphatic carbocycles. The zero-order chi connectivity index (χ0) is 37.0. The van der Waals surface area contributed by atoms with E-state index in [1.165, 1.54) is 20.2 Å². The number of benzene rings is 7. The van der Waals surface area contributed by atoms with Gasteiger partial charge in [-0.25, -0.2) is 9.97 Å². The Kier molecular flexibility index (Phi) is 7.64. The summed E-state index contributed by atoms with van der Waals surface area (Å²) >= 11 is 1.84. The molecule has 262 valence electrons. The summed E-state index contributed by atoms with van der Waals surface area (Å²) in [7, 11) is 0. The Morgan fingerprint density at radius 1 is 0.393 bits per heavy atom. The highest BCUT2D eigenvalue weighted by Crippen LogP contribution is 2.44. The third kappa shape index (κ3) is 5.48. The van der Waals surface area contributed by atoms with Crippen molar-refractivity contribution in [3.63, 3.8) is 0 Å². The second-order valence-electron chi connectivity index (χ2n) is 14.0. The lowest BCUT2D eigenvalue weighted by Crippen LogP contribution is -1.97. The molecule has 4 aromatic heterocycles. The SMILES string of the molecule is c1ccc(-c2cc(-c3ccc(-c4ccc(-c5ccc6c(c5)sc5ccccc56)c5oc6ccccc6c45)cc3)nc(-c3ccccc3-c3ccncc3)n2)cc1. The van der Waals surface area contributed by atoms with E-state index in [4.69, 9.17) is 14.4 Å². The number of hydrogen-bond acceptors (Lipinski definition) is 5. The maximum Gasteiger partial charge on any atom is 0.161 e. The second kappa shape index (κ2) is 13.3. The van der Waals surface area contributed by atoms with E-state index < -0.39 is 0 Å². The van der Waals surface area contributed by atoms with E-state index in [1.54, 1.807) is 0 Å². The third-order valence-electron chi connectivity index (χ3n) is 10.7. The monoisotopic (exact) mass is 733 g/mol. The molecular weight excluding hydrogens is 703 g/mol. The smallest absolute Gasteiger partial charge is 0.161 e. The van der Waals surface area contributed by atoms with Crippen molar-refractivity contribution in [2.45, 2.75) is 0 Å². The van der Waals surface area contributed by atoms with E-state index >= 15 is 0 Å². The molecule has 7 aromatic carbocycles. The summed E-state index contributed by atoms with van der Waals surface area (Å²) in [5, 5.41) is 4.81. The molecule has 0 atom stereocenters. The van der Waals surface area contributed by atoms with Crippen molar-refractivity contribution in [1.82, 2.24) is 15.0 Å². The first-order valence-corrected chi connectivity index (χ1v) is 19.5. The van der Waals surface area contributed by atoms with Crippen LogP contribution in [0.25, 0.3) is 109 Å². The van der Waals surface area contributed by atoms with Gasteiger partial charge in [0.25, 0.3) is 0 Å². The molecule has 0 spiro atoms. The van der Waals surface area contributed by atoms with E-state index in [1.807, 2.05) is 66.2 Å². The molecule has 0 radical (unpaired) electrons. The Labute approximate surface area is 327 Å². The Hall–Kier alpha value is -7.21. The molecule has 0 amide bonds. The molecule has 4 nitrogen and oxygen atoms in total. The fraction of sp³-hybridized carbons (Fsp3) is 0. The van der Waals surface area contributed by atoms with Crippen LogP contribution in [0.15, 0.2) is 193 Å². The quantitative estimate of drug-likeness (QED) is 0.171. The first-order chi connectivity index (χ1) is 27.7. The fourth-order valence-electron chi connectivity index (χ4n) is 7.94. The average Bonchev–Trinajstić information content (AvgIpc) is 3.85. The average molecular weight is 734 g/mol. The molecule has 0 fully saturated rings. The molecule has 0 aliphatic rings. The zero-order valence-electron chi connectivity index (χ0n) is 30.1. The molecule has 5 heteroatoms. The number of fused-ring (bicyclic) bond motifs is 6. The van der Waals surface area contributed by atoms with Gasteiger partial charge >= 0.3 is 0 Å². The van der Waals surface area contributed by atoms with Crippen LogP contribution in [0.2, 0.25) is 0 Å². The molecule has 4 heterocycles. The maximum absolute atomic E-state index is 6.70. The van der Waals surface area contributed by atoms with Crippen LogP contribution in [-0.4, -0.2) is 15.0 Å². The highest BCUT2D eigenvalue weighted by atomic mass is 32.1. The van der Waals surface area contributed by atoms with Crippen LogP contribution in [-0.2, 0) is 0 Å². The number of hydrogen-bond donors (Lipinski definition) is 0. The van der Waals surface area contributed by atoms with Gasteiger partial charge < -0.3 is 4.42 Å². The standard InChI is InChI=1S/C51H31N3OS/c1-2-10-34(11-3-1)44-31-45(54-51(53-44)42-14-5-4-12-37(42)33-26-28-52-29-27-33)35-20-18-32(19-21-35)38-24-25-39(50-49(38)43-15-6-8-16-46(43)55-50)36-22-23-41-40-13-7-9-17-47(40)56-48(41)30-36/h1-31H. The van der Waals surface area contributed by atoms with Gasteiger partial charge in [0.15, 0.2) is 5.82 Å². The summed E-state index contributed by atoms with van der Waals surface area (Å²) in [6.45, 7) is 0. The van der Waals surface area contributed by atoms with Crippen molar-refractivity contribution >= 4 is 53.4 Å². The highest BCUT2D eigenvalue weighted by molar-refractivity contribution is 7.25. The van der Waals surface area contributed by atoms with Crippen molar-refractivity contribution in [3.8, 4) is 67.3 Å². The maximum atomic E-state index is 6.70. The Morgan fingerprint density at radius 2 is 1.00 bits per heavy atom. The van der Waals surface area contributed by atoms with E-state index in [-0.39, 0.29) is 0 Å². The van der Waals surface area contributed by atoms with Gasteiger partial charge in [0.05, 0.1) is 11.4 Å². The van der Waals surface area contributed by atoms with Gasteiger partial charge in [-0.2, -0.15) is 0 Å². The number of thiophene rings is 1. The minimum absolute atomic E-state index is 0.675. The largest absolute Gasteiger partial charge is 0.455 e. The fourth-order valence-corrected chi connectivity index (χ4v) is 9.09. The first-order valence-electron chi connectivity index (χ1n) is 18.7. The van der Waals surface area contributed by atoms with Gasteiger partial charge in [-0.15, -0.1) is 11.3 Å². The topological polar surface area (TPSA) is 51.8 Å². The van der Waals surface area contributed by atoms with Crippen LogP contribution in [0.4, 0.5) is 0 Å². The van der Waals surface area contributed by atoms with Crippen LogP contribution < -0.4 is 0 Å². The molecular formula is C51H31N3OS. The molecule has 0 aliphatic heterocycles. The van der Waals surface area contributed by atoms with Crippen LogP contribution in [0.1, 0.15) is 0 Å². The van der Waals surface area contributed by atoms with Gasteiger partial charge in [-0.3, -0.25) is 4.98 Å². The lowest BCUT2D eigenvalue weighted by atomic mass is 9.93. The number of furan rings is 1. The third-order valence-corrected chi connectivity index (χ3v) is 11.8.